The third-order valence-corrected chi connectivity index (χ3v) is 6.51. The van der Waals surface area contributed by atoms with Crippen molar-refractivity contribution in [3.8, 4) is 0 Å². The van der Waals surface area contributed by atoms with Crippen LogP contribution in [0.1, 0.15) is 62.8 Å². The molecule has 2 aliphatic rings. The summed E-state index contributed by atoms with van der Waals surface area (Å²) in [5, 5.41) is 11.8. The number of nitrogens with one attached hydrogen (secondary N) is 1. The molecule has 1 unspecified atom stereocenters. The highest BCUT2D eigenvalue weighted by molar-refractivity contribution is 7.89. The van der Waals surface area contributed by atoms with Crippen LogP contribution in [-0.2, 0) is 10.0 Å². The Labute approximate surface area is 131 Å². The molecule has 2 saturated heterocycles. The molecular weight excluding hydrogens is 304 g/mol. The van der Waals surface area contributed by atoms with E-state index in [1.165, 1.54) is 12.8 Å². The molecule has 2 aliphatic heterocycles. The Morgan fingerprint density at radius 3 is 2.55 bits per heavy atom. The van der Waals surface area contributed by atoms with Crippen molar-refractivity contribution in [1.82, 2.24) is 19.8 Å². The summed E-state index contributed by atoms with van der Waals surface area (Å²) in [5.41, 5.74) is 0. The van der Waals surface area contributed by atoms with Crippen LogP contribution in [0.25, 0.3) is 0 Å². The van der Waals surface area contributed by atoms with Crippen LogP contribution in [0.4, 0.5) is 0 Å². The molecule has 7 nitrogen and oxygen atoms in total. The first-order valence-electron chi connectivity index (χ1n) is 8.14. The number of rotatable bonds is 4. The zero-order chi connectivity index (χ0) is 15.6. The molecule has 1 atom stereocenters. The molecule has 3 rings (SSSR count). The fraction of sp³-hybridized carbons (Fsp3) is 0.857. The summed E-state index contributed by atoms with van der Waals surface area (Å²) in [6, 6.07) is 0.176. The summed E-state index contributed by atoms with van der Waals surface area (Å²) >= 11 is 0. The van der Waals surface area contributed by atoms with Gasteiger partial charge in [-0.15, -0.1) is 10.2 Å². The Bertz CT molecular complexity index is 587. The van der Waals surface area contributed by atoms with E-state index >= 15 is 0 Å². The predicted molar refractivity (Wildman–Crippen MR) is 81.9 cm³/mol. The van der Waals surface area contributed by atoms with Gasteiger partial charge < -0.3 is 9.73 Å². The molecule has 0 bridgehead atoms. The first-order chi connectivity index (χ1) is 10.6. The van der Waals surface area contributed by atoms with Crippen LogP contribution in [0.3, 0.4) is 0 Å². The fourth-order valence-electron chi connectivity index (χ4n) is 3.18. The lowest BCUT2D eigenvalue weighted by atomic mass is 9.98. The van der Waals surface area contributed by atoms with Crippen LogP contribution < -0.4 is 5.32 Å². The molecule has 1 aromatic rings. The van der Waals surface area contributed by atoms with Crippen LogP contribution in [0.5, 0.6) is 0 Å². The maximum atomic E-state index is 11.9. The van der Waals surface area contributed by atoms with Gasteiger partial charge in [-0.2, -0.15) is 0 Å². The van der Waals surface area contributed by atoms with E-state index in [0.29, 0.717) is 24.9 Å². The van der Waals surface area contributed by atoms with Crippen molar-refractivity contribution in [2.75, 3.05) is 25.4 Å². The molecule has 0 aliphatic carbocycles. The predicted octanol–water partition coefficient (Wildman–Crippen LogP) is 1.41. The second-order valence-electron chi connectivity index (χ2n) is 6.05. The Hall–Kier alpha value is -0.990. The van der Waals surface area contributed by atoms with E-state index < -0.39 is 10.0 Å². The third-order valence-electron chi connectivity index (χ3n) is 4.63. The number of hydrogen-bond donors (Lipinski definition) is 1. The van der Waals surface area contributed by atoms with Crippen molar-refractivity contribution in [1.29, 1.82) is 0 Å². The van der Waals surface area contributed by atoms with Gasteiger partial charge in [-0.05, 0) is 39.2 Å². The van der Waals surface area contributed by atoms with E-state index in [4.69, 9.17) is 4.42 Å². The van der Waals surface area contributed by atoms with E-state index in [-0.39, 0.29) is 17.7 Å². The van der Waals surface area contributed by atoms with Gasteiger partial charge in [0, 0.05) is 19.0 Å². The molecular formula is C14H24N4O3S. The lowest BCUT2D eigenvalue weighted by Gasteiger charge is -2.29. The van der Waals surface area contributed by atoms with E-state index in [0.717, 1.165) is 25.8 Å². The largest absolute Gasteiger partial charge is 0.423 e. The highest BCUT2D eigenvalue weighted by Crippen LogP contribution is 2.30. The second-order valence-corrected chi connectivity index (χ2v) is 8.31. The van der Waals surface area contributed by atoms with Gasteiger partial charge in [-0.25, -0.2) is 12.7 Å². The Morgan fingerprint density at radius 1 is 1.18 bits per heavy atom. The standard InChI is InChI=1S/C14H24N4O3S/c1-2-22(19,20)18-9-6-11(7-10-18)13-16-17-14(21-13)12-5-3-4-8-15-12/h11-12,15H,2-10H2,1H3. The quantitative estimate of drug-likeness (QED) is 0.899. The van der Waals surface area contributed by atoms with Crippen molar-refractivity contribution < 1.29 is 12.8 Å². The van der Waals surface area contributed by atoms with Crippen molar-refractivity contribution >= 4 is 10.0 Å². The van der Waals surface area contributed by atoms with E-state index in [1.807, 2.05) is 0 Å². The summed E-state index contributed by atoms with van der Waals surface area (Å²) in [7, 11) is -3.08. The zero-order valence-corrected chi connectivity index (χ0v) is 13.8. The zero-order valence-electron chi connectivity index (χ0n) is 13.0. The highest BCUT2D eigenvalue weighted by Gasteiger charge is 2.31. The Balaban J connectivity index is 1.61. The molecule has 0 spiro atoms. The Kier molecular flexibility index (Phi) is 4.79. The van der Waals surface area contributed by atoms with E-state index in [1.54, 1.807) is 11.2 Å². The van der Waals surface area contributed by atoms with Crippen LogP contribution >= 0.6 is 0 Å². The van der Waals surface area contributed by atoms with Crippen molar-refractivity contribution in [3.05, 3.63) is 11.8 Å². The molecule has 124 valence electrons. The summed E-state index contributed by atoms with van der Waals surface area (Å²) in [6.45, 7) is 3.76. The number of nitrogens with zero attached hydrogens (tertiary/aromatic N) is 3. The second kappa shape index (κ2) is 6.64. The van der Waals surface area contributed by atoms with Gasteiger partial charge in [0.2, 0.25) is 21.8 Å². The summed E-state index contributed by atoms with van der Waals surface area (Å²) < 4.78 is 31.2. The topological polar surface area (TPSA) is 88.3 Å². The van der Waals surface area contributed by atoms with Gasteiger partial charge in [0.1, 0.15) is 0 Å². The van der Waals surface area contributed by atoms with Crippen LogP contribution in [0.15, 0.2) is 4.42 Å². The number of piperidine rings is 2. The van der Waals surface area contributed by atoms with Crippen LogP contribution in [0, 0.1) is 0 Å². The lowest BCUT2D eigenvalue weighted by molar-refractivity contribution is 0.274. The minimum atomic E-state index is -3.08. The monoisotopic (exact) mass is 328 g/mol. The van der Waals surface area contributed by atoms with Gasteiger partial charge >= 0.3 is 0 Å². The summed E-state index contributed by atoms with van der Waals surface area (Å²) in [5.74, 6) is 1.68. The molecule has 2 fully saturated rings. The SMILES string of the molecule is CCS(=O)(=O)N1CCC(c2nnc(C3CCCCN3)o2)CC1. The third kappa shape index (κ3) is 3.33. The van der Waals surface area contributed by atoms with Crippen molar-refractivity contribution in [2.45, 2.75) is 51.0 Å². The number of sulfonamides is 1. The van der Waals surface area contributed by atoms with E-state index in [9.17, 15) is 8.42 Å². The highest BCUT2D eigenvalue weighted by atomic mass is 32.2. The summed E-state index contributed by atoms with van der Waals surface area (Å²) in [4.78, 5) is 0. The minimum Gasteiger partial charge on any atom is -0.423 e. The van der Waals surface area contributed by atoms with Crippen LogP contribution in [-0.4, -0.2) is 48.3 Å². The van der Waals surface area contributed by atoms with Gasteiger partial charge in [-0.3, -0.25) is 0 Å². The maximum Gasteiger partial charge on any atom is 0.233 e. The molecule has 0 radical (unpaired) electrons. The average Bonchev–Trinajstić information content (AvgIpc) is 3.06. The number of aromatic nitrogens is 2. The average molecular weight is 328 g/mol. The van der Waals surface area contributed by atoms with Crippen molar-refractivity contribution in [2.24, 2.45) is 0 Å². The molecule has 22 heavy (non-hydrogen) atoms. The Morgan fingerprint density at radius 2 is 1.91 bits per heavy atom. The van der Waals surface area contributed by atoms with Crippen LogP contribution in [0.2, 0.25) is 0 Å². The fourth-order valence-corrected chi connectivity index (χ4v) is 4.31. The van der Waals surface area contributed by atoms with Gasteiger partial charge in [0.15, 0.2) is 0 Å². The molecule has 1 N–H and O–H groups in total. The normalized spacial score (nSPS) is 25.4. The van der Waals surface area contributed by atoms with Gasteiger partial charge in [-0.1, -0.05) is 6.42 Å². The van der Waals surface area contributed by atoms with Gasteiger partial charge in [0.25, 0.3) is 0 Å². The first kappa shape index (κ1) is 15.9. The maximum absolute atomic E-state index is 11.9. The first-order valence-corrected chi connectivity index (χ1v) is 9.75. The lowest BCUT2D eigenvalue weighted by Crippen LogP contribution is -2.38. The number of hydrogen-bond acceptors (Lipinski definition) is 6. The molecule has 0 aromatic carbocycles. The van der Waals surface area contributed by atoms with E-state index in [2.05, 4.69) is 15.5 Å². The minimum absolute atomic E-state index is 0.162. The molecule has 1 aromatic heterocycles. The molecule has 3 heterocycles. The smallest absolute Gasteiger partial charge is 0.233 e. The molecule has 0 amide bonds. The molecule has 0 saturated carbocycles. The summed E-state index contributed by atoms with van der Waals surface area (Å²) in [6.07, 6.45) is 4.91. The van der Waals surface area contributed by atoms with Gasteiger partial charge in [0.05, 0.1) is 11.8 Å². The van der Waals surface area contributed by atoms with Crippen molar-refractivity contribution in [3.63, 3.8) is 0 Å². The molecule has 8 heteroatoms.